The molecule has 0 saturated carbocycles. The van der Waals surface area contributed by atoms with E-state index in [4.69, 9.17) is 0 Å². The van der Waals surface area contributed by atoms with Crippen LogP contribution in [0.15, 0.2) is 29.5 Å². The van der Waals surface area contributed by atoms with Crippen molar-refractivity contribution < 1.29 is 29.4 Å². The van der Waals surface area contributed by atoms with Crippen LogP contribution in [0, 0.1) is 25.7 Å². The van der Waals surface area contributed by atoms with Gasteiger partial charge in [0.05, 0.1) is 11.7 Å². The van der Waals surface area contributed by atoms with Crippen molar-refractivity contribution in [3.8, 4) is 0 Å². The predicted octanol–water partition coefficient (Wildman–Crippen LogP) is 4.13. The number of rotatable bonds is 10. The Balaban J connectivity index is 1.49. The van der Waals surface area contributed by atoms with Gasteiger partial charge in [-0.15, -0.1) is 0 Å². The molecular formula is C33H40N4O6. The predicted molar refractivity (Wildman–Crippen MR) is 162 cm³/mol. The van der Waals surface area contributed by atoms with Crippen LogP contribution in [0.4, 0.5) is 0 Å². The molecule has 43 heavy (non-hydrogen) atoms. The lowest BCUT2D eigenvalue weighted by Crippen LogP contribution is -2.34. The molecule has 3 unspecified atom stereocenters. The van der Waals surface area contributed by atoms with Crippen molar-refractivity contribution in [3.63, 3.8) is 0 Å². The van der Waals surface area contributed by atoms with Crippen LogP contribution in [0.3, 0.4) is 0 Å². The molecule has 2 aromatic rings. The van der Waals surface area contributed by atoms with E-state index in [0.29, 0.717) is 35.4 Å². The Morgan fingerprint density at radius 2 is 1.74 bits per heavy atom. The number of aromatic nitrogens is 2. The molecule has 1 aliphatic carbocycles. The zero-order chi connectivity index (χ0) is 31.3. The number of hydrogen-bond donors (Lipinski definition) is 6. The Labute approximate surface area is 250 Å². The summed E-state index contributed by atoms with van der Waals surface area (Å²) in [6, 6.07) is -0.999. The molecule has 4 atom stereocenters. The summed E-state index contributed by atoms with van der Waals surface area (Å²) in [6.07, 6.45) is 4.07. The van der Waals surface area contributed by atoms with E-state index >= 15 is 0 Å². The summed E-state index contributed by atoms with van der Waals surface area (Å²) in [5.41, 5.74) is 10.5. The summed E-state index contributed by atoms with van der Waals surface area (Å²) in [7, 11) is 0. The van der Waals surface area contributed by atoms with E-state index in [9.17, 15) is 29.4 Å². The normalized spacial score (nSPS) is 24.9. The Morgan fingerprint density at radius 3 is 2.37 bits per heavy atom. The van der Waals surface area contributed by atoms with Crippen molar-refractivity contribution in [3.05, 3.63) is 74.5 Å². The van der Waals surface area contributed by atoms with Crippen LogP contribution >= 0.6 is 0 Å². The van der Waals surface area contributed by atoms with Gasteiger partial charge in [0.1, 0.15) is 6.04 Å². The first-order valence-electron chi connectivity index (χ1n) is 14.9. The number of carbonyl (C=O) groups excluding carboxylic acids is 2. The Kier molecular flexibility index (Phi) is 7.98. The second-order valence-corrected chi connectivity index (χ2v) is 12.1. The molecule has 2 aromatic heterocycles. The van der Waals surface area contributed by atoms with E-state index in [-0.39, 0.29) is 48.8 Å². The van der Waals surface area contributed by atoms with Gasteiger partial charge in [-0.25, -0.2) is 4.79 Å². The van der Waals surface area contributed by atoms with Crippen LogP contribution in [0.1, 0.15) is 89.9 Å². The van der Waals surface area contributed by atoms with Gasteiger partial charge in [0, 0.05) is 71.1 Å². The number of allylic oxidation sites excluding steroid dienone is 2. The monoisotopic (exact) mass is 588 g/mol. The van der Waals surface area contributed by atoms with Gasteiger partial charge in [0.25, 0.3) is 0 Å². The average molecular weight is 589 g/mol. The van der Waals surface area contributed by atoms with E-state index in [1.807, 2.05) is 20.8 Å². The van der Waals surface area contributed by atoms with Crippen molar-refractivity contribution in [2.75, 3.05) is 0 Å². The number of amides is 1. The zero-order valence-corrected chi connectivity index (χ0v) is 25.4. The number of carboxylic acid groups (broad SMARTS) is 2. The molecule has 3 aliphatic rings. The van der Waals surface area contributed by atoms with E-state index in [2.05, 4.69) is 41.0 Å². The number of H-pyrrole nitrogens is 2. The maximum absolute atomic E-state index is 13.3. The molecular weight excluding hydrogens is 548 g/mol. The third-order valence-corrected chi connectivity index (χ3v) is 9.74. The topological polar surface area (TPSA) is 164 Å². The second-order valence-electron chi connectivity index (χ2n) is 12.1. The third kappa shape index (κ3) is 5.13. The fraction of sp³-hybridized carbons (Fsp3) is 0.455. The number of Topliss-reactive ketones (excluding diaryl/α,β-unsaturated/α-hetero) is 1. The van der Waals surface area contributed by atoms with Gasteiger partial charge < -0.3 is 30.8 Å². The van der Waals surface area contributed by atoms with E-state index in [0.717, 1.165) is 45.8 Å². The number of nitrogens with one attached hydrogen (secondary N) is 4. The molecule has 10 nitrogen and oxygen atoms in total. The lowest BCUT2D eigenvalue weighted by molar-refractivity contribution is -0.140. The van der Waals surface area contributed by atoms with Crippen molar-refractivity contribution in [2.45, 2.75) is 85.2 Å². The third-order valence-electron chi connectivity index (χ3n) is 9.74. The first kappa shape index (κ1) is 30.1. The summed E-state index contributed by atoms with van der Waals surface area (Å²) < 4.78 is 0. The number of fused-ring (bicyclic) bond motifs is 1. The molecule has 0 radical (unpaired) electrons. The molecule has 5 rings (SSSR count). The molecule has 1 fully saturated rings. The van der Waals surface area contributed by atoms with Crippen molar-refractivity contribution >= 4 is 29.2 Å². The highest BCUT2D eigenvalue weighted by Gasteiger charge is 2.44. The van der Waals surface area contributed by atoms with Crippen LogP contribution in [0.5, 0.6) is 0 Å². The Morgan fingerprint density at radius 1 is 1.02 bits per heavy atom. The van der Waals surface area contributed by atoms with Crippen molar-refractivity contribution in [2.24, 2.45) is 11.8 Å². The number of carboxylic acids is 2. The van der Waals surface area contributed by atoms with Gasteiger partial charge in [-0.3, -0.25) is 14.4 Å². The molecule has 0 aromatic carbocycles. The molecule has 4 heterocycles. The largest absolute Gasteiger partial charge is 0.481 e. The van der Waals surface area contributed by atoms with Crippen LogP contribution in [-0.4, -0.2) is 55.9 Å². The molecule has 228 valence electrons. The fourth-order valence-electron chi connectivity index (χ4n) is 7.32. The number of aromatic amines is 2. The zero-order valence-electron chi connectivity index (χ0n) is 25.4. The van der Waals surface area contributed by atoms with Gasteiger partial charge in [0.2, 0.25) is 5.91 Å². The summed E-state index contributed by atoms with van der Waals surface area (Å²) in [5, 5.41) is 25.3. The average Bonchev–Trinajstić information content (AvgIpc) is 3.69. The van der Waals surface area contributed by atoms with Gasteiger partial charge >= 0.3 is 11.9 Å². The molecule has 2 aliphatic heterocycles. The smallest absolute Gasteiger partial charge is 0.326 e. The van der Waals surface area contributed by atoms with E-state index in [1.165, 1.54) is 5.56 Å². The van der Waals surface area contributed by atoms with Crippen LogP contribution < -0.4 is 10.6 Å². The first-order chi connectivity index (χ1) is 20.4. The van der Waals surface area contributed by atoms with Crippen LogP contribution in [-0.2, 0) is 33.6 Å². The van der Waals surface area contributed by atoms with E-state index in [1.54, 1.807) is 6.08 Å². The molecule has 0 bridgehead atoms. The number of hydrogen-bond acceptors (Lipinski definition) is 5. The van der Waals surface area contributed by atoms with Gasteiger partial charge in [-0.2, -0.15) is 0 Å². The van der Waals surface area contributed by atoms with Crippen LogP contribution in [0.25, 0.3) is 5.57 Å². The summed E-state index contributed by atoms with van der Waals surface area (Å²) in [5.74, 6) is -2.68. The lowest BCUT2D eigenvalue weighted by Gasteiger charge is -2.17. The van der Waals surface area contributed by atoms with Crippen molar-refractivity contribution in [1.29, 1.82) is 0 Å². The van der Waals surface area contributed by atoms with Crippen LogP contribution in [0.2, 0.25) is 0 Å². The molecule has 0 spiro atoms. The molecule has 1 saturated heterocycles. The number of carbonyl (C=O) groups is 4. The Hall–Kier alpha value is -4.34. The minimum absolute atomic E-state index is 0.0298. The van der Waals surface area contributed by atoms with E-state index < -0.39 is 18.0 Å². The minimum atomic E-state index is -0.996. The highest BCUT2D eigenvalue weighted by molar-refractivity contribution is 6.13. The summed E-state index contributed by atoms with van der Waals surface area (Å²) in [4.78, 5) is 56.1. The highest BCUT2D eigenvalue weighted by Crippen LogP contribution is 2.44. The Bertz CT molecular complexity index is 1620. The number of ketones is 1. The molecule has 1 amide bonds. The molecule has 10 heteroatoms. The quantitative estimate of drug-likeness (QED) is 0.243. The maximum atomic E-state index is 13.3. The number of aliphatic carboxylic acids is 2. The summed E-state index contributed by atoms with van der Waals surface area (Å²) in [6.45, 7) is 13.7. The second kappa shape index (κ2) is 11.4. The van der Waals surface area contributed by atoms with Gasteiger partial charge in [0.15, 0.2) is 5.78 Å². The fourth-order valence-corrected chi connectivity index (χ4v) is 7.32. The van der Waals surface area contributed by atoms with Gasteiger partial charge in [-0.05, 0) is 61.8 Å². The van der Waals surface area contributed by atoms with Crippen molar-refractivity contribution in [1.82, 2.24) is 20.6 Å². The standard InChI is InChI=1S/C33H40N4O6/c1-7-18-14(3)22(12-25-19(8-2)16(5)32(41)36-25)34-24(18)13-23-17(6)28-26(38)11-21(31(28)35-23)30-20(9-10-27(39)40)15(4)29(37-30)33(42)43/h8,15,20,25,29,34-35,37H,2,7,9-13H2,1,3-6H3,(H,36,41)(H,39,40)(H,42,43)/b30-21-/t15-,20?,25?,29?/m0/s1. The lowest BCUT2D eigenvalue weighted by atomic mass is 9.85. The molecule has 6 N–H and O–H groups in total. The summed E-state index contributed by atoms with van der Waals surface area (Å²) >= 11 is 0. The SMILES string of the molecule is C=CC1=C(C)C(=O)NC1Cc1[nH]c(Cc2[nH]c3c(c2C)C(=O)C/C3=C2/NC(C(=O)O)[C@@H](C)C2CCC(=O)O)c(CC)c1C. The minimum Gasteiger partial charge on any atom is -0.481 e. The van der Waals surface area contributed by atoms with Gasteiger partial charge in [-0.1, -0.05) is 26.5 Å². The maximum Gasteiger partial charge on any atom is 0.326 e. The highest BCUT2D eigenvalue weighted by atomic mass is 16.4. The first-order valence-corrected chi connectivity index (χ1v) is 14.9.